The Hall–Kier alpha value is -3.99. The van der Waals surface area contributed by atoms with Gasteiger partial charge in [0.2, 0.25) is 17.7 Å². The number of primary amides is 1. The molecule has 2 heterocycles. The molecule has 0 saturated carbocycles. The molecular formula is C32H33BrClN5O4. The maximum absolute atomic E-state index is 14.6. The van der Waals surface area contributed by atoms with Gasteiger partial charge in [-0.2, -0.15) is 0 Å². The first-order valence-corrected chi connectivity index (χ1v) is 14.3. The number of fused-ring (bicyclic) bond motifs is 2. The number of para-hydroxylation sites is 2. The molecule has 3 amide bonds. The van der Waals surface area contributed by atoms with Gasteiger partial charge in [-0.3, -0.25) is 19.4 Å². The molecular weight excluding hydrogens is 634 g/mol. The average molecular weight is 667 g/mol. The summed E-state index contributed by atoms with van der Waals surface area (Å²) in [7, 11) is 3.18. The van der Waals surface area contributed by atoms with Crippen molar-refractivity contribution in [2.75, 3.05) is 30.5 Å². The van der Waals surface area contributed by atoms with E-state index in [0.29, 0.717) is 22.8 Å². The summed E-state index contributed by atoms with van der Waals surface area (Å²) in [5, 5.41) is 4.87. The lowest BCUT2D eigenvalue weighted by Crippen LogP contribution is -2.63. The third-order valence-corrected chi connectivity index (χ3v) is 8.56. The Morgan fingerprint density at radius 3 is 2.47 bits per heavy atom. The van der Waals surface area contributed by atoms with Crippen LogP contribution in [-0.4, -0.2) is 48.9 Å². The number of carbonyl (C=O) groups is 3. The van der Waals surface area contributed by atoms with Crippen LogP contribution >= 0.6 is 28.3 Å². The smallest absolute Gasteiger partial charge is 0.238 e. The number of rotatable bonds is 8. The van der Waals surface area contributed by atoms with E-state index < -0.39 is 17.4 Å². The van der Waals surface area contributed by atoms with Crippen LogP contribution in [0.5, 0.6) is 5.75 Å². The molecule has 3 aromatic carbocycles. The van der Waals surface area contributed by atoms with Gasteiger partial charge < -0.3 is 25.6 Å². The third kappa shape index (κ3) is 6.08. The largest absolute Gasteiger partial charge is 0.496 e. The van der Waals surface area contributed by atoms with Crippen molar-refractivity contribution in [3.05, 3.63) is 94.7 Å². The Morgan fingerprint density at radius 2 is 1.81 bits per heavy atom. The Balaban J connectivity index is 0.00000423. The van der Waals surface area contributed by atoms with E-state index >= 15 is 0 Å². The molecule has 0 radical (unpaired) electrons. The van der Waals surface area contributed by atoms with E-state index in [1.165, 1.54) is 0 Å². The quantitative estimate of drug-likeness (QED) is 0.283. The molecule has 1 aliphatic rings. The van der Waals surface area contributed by atoms with Gasteiger partial charge in [0.25, 0.3) is 0 Å². The van der Waals surface area contributed by atoms with Crippen LogP contribution in [0.2, 0.25) is 0 Å². The van der Waals surface area contributed by atoms with E-state index in [1.54, 1.807) is 49.2 Å². The molecule has 1 unspecified atom stereocenters. The lowest BCUT2D eigenvalue weighted by Gasteiger charge is -2.36. The fourth-order valence-corrected chi connectivity index (χ4v) is 5.87. The van der Waals surface area contributed by atoms with Crippen LogP contribution in [0.25, 0.3) is 10.8 Å². The molecule has 5 rings (SSSR count). The zero-order valence-corrected chi connectivity index (χ0v) is 26.4. The highest BCUT2D eigenvalue weighted by molar-refractivity contribution is 9.10. The predicted octanol–water partition coefficient (Wildman–Crippen LogP) is 4.63. The van der Waals surface area contributed by atoms with Gasteiger partial charge in [-0.1, -0.05) is 46.3 Å². The molecule has 224 valence electrons. The van der Waals surface area contributed by atoms with Gasteiger partial charge in [0.1, 0.15) is 11.3 Å². The number of likely N-dealkylation sites (N-methyl/N-ethyl adjacent to an activating group) is 1. The summed E-state index contributed by atoms with van der Waals surface area (Å²) in [6, 6.07) is 22.4. The monoisotopic (exact) mass is 665 g/mol. The van der Waals surface area contributed by atoms with Crippen molar-refractivity contribution in [3.63, 3.8) is 0 Å². The number of benzene rings is 3. The summed E-state index contributed by atoms with van der Waals surface area (Å²) in [4.78, 5) is 48.9. The fourth-order valence-electron chi connectivity index (χ4n) is 5.50. The molecule has 0 saturated heterocycles. The second-order valence-corrected chi connectivity index (χ2v) is 11.3. The molecule has 0 aliphatic carbocycles. The van der Waals surface area contributed by atoms with Crippen molar-refractivity contribution in [2.45, 2.75) is 25.4 Å². The lowest BCUT2D eigenvalue weighted by molar-refractivity contribution is -0.133. The molecule has 4 aromatic rings. The third-order valence-electron chi connectivity index (χ3n) is 8.07. The van der Waals surface area contributed by atoms with Crippen LogP contribution in [0.4, 0.5) is 11.4 Å². The summed E-state index contributed by atoms with van der Waals surface area (Å²) >= 11 is 3.54. The second-order valence-electron chi connectivity index (χ2n) is 10.4. The molecule has 9 nitrogen and oxygen atoms in total. The van der Waals surface area contributed by atoms with Gasteiger partial charge in [-0.25, -0.2) is 0 Å². The number of methoxy groups -OCH3 is 1. The summed E-state index contributed by atoms with van der Waals surface area (Å²) in [5.74, 6) is -1.68. The number of pyridine rings is 1. The van der Waals surface area contributed by atoms with Gasteiger partial charge >= 0.3 is 0 Å². The van der Waals surface area contributed by atoms with Gasteiger partial charge in [-0.15, -0.1) is 12.4 Å². The molecule has 0 spiro atoms. The van der Waals surface area contributed by atoms with Crippen molar-refractivity contribution in [1.82, 2.24) is 10.3 Å². The minimum Gasteiger partial charge on any atom is -0.496 e. The van der Waals surface area contributed by atoms with Crippen LogP contribution in [0, 0.1) is 5.92 Å². The minimum absolute atomic E-state index is 0. The summed E-state index contributed by atoms with van der Waals surface area (Å²) in [5.41, 5.74) is 6.94. The number of anilines is 2. The van der Waals surface area contributed by atoms with Gasteiger partial charge in [-0.05, 0) is 67.2 Å². The molecule has 3 N–H and O–H groups in total. The molecule has 0 fully saturated rings. The van der Waals surface area contributed by atoms with Gasteiger partial charge in [0.15, 0.2) is 0 Å². The highest BCUT2D eigenvalue weighted by atomic mass is 79.9. The minimum atomic E-state index is -1.45. The highest BCUT2D eigenvalue weighted by Crippen LogP contribution is 2.40. The van der Waals surface area contributed by atoms with Crippen LogP contribution in [-0.2, 0) is 27.3 Å². The van der Waals surface area contributed by atoms with Crippen molar-refractivity contribution in [2.24, 2.45) is 11.7 Å². The first kappa shape index (κ1) is 31.9. The second kappa shape index (κ2) is 13.1. The topological polar surface area (TPSA) is 118 Å². The molecule has 2 atom stereocenters. The molecule has 1 aliphatic heterocycles. The van der Waals surface area contributed by atoms with E-state index in [9.17, 15) is 14.4 Å². The lowest BCUT2D eigenvalue weighted by atomic mass is 9.83. The van der Waals surface area contributed by atoms with Crippen molar-refractivity contribution >= 4 is 68.2 Å². The SMILES string of the molecule is CNC(C)(C(N)=O)[C@@H]1CN(C(=O)Cc2ccccn2)c2ccccc2N(Cc2c(OC)ccc3cc(Br)ccc23)C1=O.Cl. The number of aromatic nitrogens is 1. The Kier molecular flexibility index (Phi) is 9.74. The molecule has 43 heavy (non-hydrogen) atoms. The number of hydrogen-bond acceptors (Lipinski definition) is 6. The fraction of sp³-hybridized carbons (Fsp3) is 0.250. The van der Waals surface area contributed by atoms with E-state index in [2.05, 4.69) is 26.2 Å². The van der Waals surface area contributed by atoms with Gasteiger partial charge in [0.05, 0.1) is 37.4 Å². The van der Waals surface area contributed by atoms with E-state index in [1.807, 2.05) is 60.7 Å². The Labute approximate surface area is 264 Å². The first-order chi connectivity index (χ1) is 20.2. The van der Waals surface area contributed by atoms with Gasteiger partial charge in [0, 0.05) is 28.5 Å². The number of nitrogens with zero attached hydrogens (tertiary/aromatic N) is 3. The predicted molar refractivity (Wildman–Crippen MR) is 174 cm³/mol. The van der Waals surface area contributed by atoms with E-state index in [-0.39, 0.29) is 43.7 Å². The van der Waals surface area contributed by atoms with Crippen LogP contribution in [0.1, 0.15) is 18.2 Å². The summed E-state index contributed by atoms with van der Waals surface area (Å²) in [6.07, 6.45) is 1.66. The number of ether oxygens (including phenoxy) is 1. The van der Waals surface area contributed by atoms with Crippen LogP contribution in [0.15, 0.2) is 83.5 Å². The normalized spacial score (nSPS) is 16.1. The summed E-state index contributed by atoms with van der Waals surface area (Å²) < 4.78 is 6.68. The zero-order valence-electron chi connectivity index (χ0n) is 24.0. The number of hydrogen-bond donors (Lipinski definition) is 2. The van der Waals surface area contributed by atoms with Crippen LogP contribution in [0.3, 0.4) is 0 Å². The standard InChI is InChI=1S/C32H32BrN5O4.ClH/c1-32(35-2,31(34)41)25-19-37(29(39)17-22-8-6-7-15-36-22)26-9-4-5-10-27(26)38(30(25)40)18-24-23-13-12-21(33)16-20(23)11-14-28(24)42-3;/h4-16,25,35H,17-19H2,1-3H3,(H2,34,41);1H/t25-,32?;/m1./s1. The van der Waals surface area contributed by atoms with Crippen molar-refractivity contribution < 1.29 is 19.1 Å². The molecule has 0 bridgehead atoms. The van der Waals surface area contributed by atoms with Crippen molar-refractivity contribution in [3.8, 4) is 5.75 Å². The number of nitrogens with one attached hydrogen (secondary N) is 1. The van der Waals surface area contributed by atoms with E-state index in [4.69, 9.17) is 10.5 Å². The number of amides is 3. The van der Waals surface area contributed by atoms with Crippen LogP contribution < -0.4 is 25.6 Å². The maximum atomic E-state index is 14.6. The Bertz CT molecular complexity index is 1670. The summed E-state index contributed by atoms with van der Waals surface area (Å²) in [6.45, 7) is 1.68. The van der Waals surface area contributed by atoms with Crippen molar-refractivity contribution in [1.29, 1.82) is 0 Å². The first-order valence-electron chi connectivity index (χ1n) is 13.5. The number of carbonyl (C=O) groups excluding carboxylic acids is 3. The number of nitrogens with two attached hydrogens (primary N) is 1. The Morgan fingerprint density at radius 1 is 1.09 bits per heavy atom. The van der Waals surface area contributed by atoms with E-state index in [0.717, 1.165) is 20.8 Å². The average Bonchev–Trinajstić information content (AvgIpc) is 3.11. The number of halogens is 2. The maximum Gasteiger partial charge on any atom is 0.238 e. The highest BCUT2D eigenvalue weighted by Gasteiger charge is 2.48. The molecule has 1 aromatic heterocycles. The zero-order chi connectivity index (χ0) is 30.0. The molecule has 11 heteroatoms.